The number of dihydropyridines is 1. The van der Waals surface area contributed by atoms with E-state index in [1.54, 1.807) is 19.1 Å². The summed E-state index contributed by atoms with van der Waals surface area (Å²) in [5.41, 5.74) is 2.70. The summed E-state index contributed by atoms with van der Waals surface area (Å²) in [6, 6.07) is 16.1. The quantitative estimate of drug-likeness (QED) is 0.241. The maximum absolute atomic E-state index is 13.6. The Morgan fingerprint density at radius 2 is 1.77 bits per heavy atom. The molecule has 0 saturated heterocycles. The summed E-state index contributed by atoms with van der Waals surface area (Å²) in [6.07, 6.45) is 0.469. The van der Waals surface area contributed by atoms with E-state index in [0.29, 0.717) is 29.9 Å². The van der Waals surface area contributed by atoms with E-state index in [9.17, 15) is 19.7 Å². The van der Waals surface area contributed by atoms with Gasteiger partial charge in [-0.05, 0) is 31.5 Å². The van der Waals surface area contributed by atoms with Gasteiger partial charge in [-0.2, -0.15) is 0 Å². The highest BCUT2D eigenvalue weighted by molar-refractivity contribution is 6.00. The van der Waals surface area contributed by atoms with E-state index in [0.717, 1.165) is 6.54 Å². The number of esters is 2. The summed E-state index contributed by atoms with van der Waals surface area (Å²) in [5, 5.41) is 14.7. The molecule has 9 heteroatoms. The summed E-state index contributed by atoms with van der Waals surface area (Å²) in [7, 11) is 3.29. The number of hydrogen-bond acceptors (Lipinski definition) is 8. The molecule has 0 spiro atoms. The Balaban J connectivity index is 1.88. The van der Waals surface area contributed by atoms with E-state index >= 15 is 0 Å². The van der Waals surface area contributed by atoms with E-state index in [4.69, 9.17) is 9.47 Å². The number of carbonyl (C=O) groups is 2. The van der Waals surface area contributed by atoms with E-state index in [1.807, 2.05) is 46.0 Å². The number of hydrogen-bond donors (Lipinski definition) is 1. The predicted octanol–water partition coefficient (Wildman–Crippen LogP) is 5.09. The SMILES string of the molecule is CCC1=C(C(=O)OC)C(c2cccc([N+](=O)[O-])c2)C(C(=O)OCC(C)(C)CN(C)Cc2ccccc2)=C(C)N1. The zero-order valence-electron chi connectivity index (χ0n) is 23.4. The number of nitrogens with one attached hydrogen (secondary N) is 1. The van der Waals surface area contributed by atoms with E-state index < -0.39 is 22.8 Å². The van der Waals surface area contributed by atoms with Crippen molar-refractivity contribution in [2.45, 2.75) is 46.6 Å². The normalized spacial score (nSPS) is 15.7. The fourth-order valence-corrected chi connectivity index (χ4v) is 5.01. The van der Waals surface area contributed by atoms with Crippen molar-refractivity contribution in [3.05, 3.63) is 98.4 Å². The Morgan fingerprint density at radius 3 is 2.38 bits per heavy atom. The molecule has 0 amide bonds. The van der Waals surface area contributed by atoms with E-state index in [2.05, 4.69) is 22.3 Å². The van der Waals surface area contributed by atoms with Crippen LogP contribution in [0.2, 0.25) is 0 Å². The first-order valence-corrected chi connectivity index (χ1v) is 12.9. The average Bonchev–Trinajstić information content (AvgIpc) is 2.90. The number of non-ortho nitro benzene ring substituents is 1. The van der Waals surface area contributed by atoms with Crippen molar-refractivity contribution < 1.29 is 24.0 Å². The second-order valence-electron chi connectivity index (χ2n) is 10.6. The van der Waals surface area contributed by atoms with Gasteiger partial charge in [-0.1, -0.05) is 63.2 Å². The van der Waals surface area contributed by atoms with Crippen molar-refractivity contribution in [3.63, 3.8) is 0 Å². The third kappa shape index (κ3) is 7.32. The smallest absolute Gasteiger partial charge is 0.336 e. The van der Waals surface area contributed by atoms with Gasteiger partial charge >= 0.3 is 11.9 Å². The standard InChI is InChI=1S/C30H37N3O6/c1-7-24-27(28(34)38-6)26(22-14-11-15-23(16-22)33(36)37)25(20(2)31-24)29(35)39-19-30(3,4)18-32(5)17-21-12-9-8-10-13-21/h8-16,26,31H,7,17-19H2,1-6H3. The zero-order valence-corrected chi connectivity index (χ0v) is 23.4. The number of nitro groups is 1. The monoisotopic (exact) mass is 535 g/mol. The predicted molar refractivity (Wildman–Crippen MR) is 149 cm³/mol. The average molecular weight is 536 g/mol. The molecular formula is C30H37N3O6. The second kappa shape index (κ2) is 12.7. The molecule has 3 rings (SSSR count). The fourth-order valence-electron chi connectivity index (χ4n) is 5.01. The van der Waals surface area contributed by atoms with Gasteiger partial charge in [0.1, 0.15) is 0 Å². The van der Waals surface area contributed by atoms with Crippen LogP contribution < -0.4 is 5.32 Å². The number of carbonyl (C=O) groups excluding carboxylic acids is 2. The largest absolute Gasteiger partial charge is 0.466 e. The number of nitrogens with zero attached hydrogens (tertiary/aromatic N) is 2. The molecule has 208 valence electrons. The molecule has 0 bridgehead atoms. The molecule has 1 heterocycles. The Morgan fingerprint density at radius 1 is 1.08 bits per heavy atom. The van der Waals surface area contributed by atoms with Crippen LogP contribution in [0.5, 0.6) is 0 Å². The van der Waals surface area contributed by atoms with Gasteiger partial charge in [0.15, 0.2) is 0 Å². The lowest BCUT2D eigenvalue weighted by Crippen LogP contribution is -2.37. The number of rotatable bonds is 11. The molecule has 0 aromatic heterocycles. The fraction of sp³-hybridized carbons (Fsp3) is 0.400. The Kier molecular flexibility index (Phi) is 9.64. The molecule has 1 aliphatic rings. The highest BCUT2D eigenvalue weighted by Gasteiger charge is 2.39. The number of nitro benzene ring substituents is 1. The van der Waals surface area contributed by atoms with Gasteiger partial charge in [0.2, 0.25) is 0 Å². The summed E-state index contributed by atoms with van der Waals surface area (Å²) in [5.74, 6) is -2.09. The van der Waals surface area contributed by atoms with Crippen molar-refractivity contribution in [2.24, 2.45) is 5.41 Å². The van der Waals surface area contributed by atoms with Crippen LogP contribution >= 0.6 is 0 Å². The van der Waals surface area contributed by atoms with Crippen LogP contribution in [-0.2, 0) is 25.6 Å². The highest BCUT2D eigenvalue weighted by atomic mass is 16.6. The van der Waals surface area contributed by atoms with Crippen molar-refractivity contribution in [3.8, 4) is 0 Å². The van der Waals surface area contributed by atoms with Crippen molar-refractivity contribution in [2.75, 3.05) is 27.3 Å². The summed E-state index contributed by atoms with van der Waals surface area (Å²) in [6.45, 7) is 9.23. The molecule has 1 N–H and O–H groups in total. The molecule has 1 unspecified atom stereocenters. The maximum atomic E-state index is 13.6. The topological polar surface area (TPSA) is 111 Å². The third-order valence-corrected chi connectivity index (χ3v) is 6.63. The van der Waals surface area contributed by atoms with Crippen molar-refractivity contribution >= 4 is 17.6 Å². The minimum Gasteiger partial charge on any atom is -0.466 e. The minimum atomic E-state index is -0.884. The molecule has 2 aromatic rings. The van der Waals surface area contributed by atoms with Gasteiger partial charge in [-0.15, -0.1) is 0 Å². The first-order valence-electron chi connectivity index (χ1n) is 12.9. The van der Waals surface area contributed by atoms with Crippen molar-refractivity contribution in [1.82, 2.24) is 10.2 Å². The zero-order chi connectivity index (χ0) is 28.7. The second-order valence-corrected chi connectivity index (χ2v) is 10.6. The van der Waals surface area contributed by atoms with Gasteiger partial charge in [-0.25, -0.2) is 9.59 Å². The van der Waals surface area contributed by atoms with Crippen molar-refractivity contribution in [1.29, 1.82) is 0 Å². The Labute approximate surface area is 229 Å². The van der Waals surface area contributed by atoms with Gasteiger partial charge < -0.3 is 19.7 Å². The summed E-state index contributed by atoms with van der Waals surface area (Å²) < 4.78 is 10.9. The lowest BCUT2D eigenvalue weighted by Gasteiger charge is -2.33. The molecule has 39 heavy (non-hydrogen) atoms. The van der Waals surface area contributed by atoms with Crippen LogP contribution in [0.15, 0.2) is 77.1 Å². The highest BCUT2D eigenvalue weighted by Crippen LogP contribution is 2.41. The van der Waals surface area contributed by atoms with Gasteiger partial charge in [0.25, 0.3) is 5.69 Å². The molecule has 1 atom stereocenters. The first kappa shape index (κ1) is 29.6. The minimum absolute atomic E-state index is 0.138. The van der Waals surface area contributed by atoms with E-state index in [1.165, 1.54) is 24.8 Å². The Hall–Kier alpha value is -3.98. The molecular weight excluding hydrogens is 498 g/mol. The number of ether oxygens (including phenoxy) is 2. The van der Waals surface area contributed by atoms with E-state index in [-0.39, 0.29) is 28.9 Å². The lowest BCUT2D eigenvalue weighted by atomic mass is 9.79. The van der Waals surface area contributed by atoms with Crippen LogP contribution in [0.4, 0.5) is 5.69 Å². The molecule has 0 fully saturated rings. The van der Waals surface area contributed by atoms with Crippen LogP contribution in [0.3, 0.4) is 0 Å². The number of benzene rings is 2. The molecule has 0 radical (unpaired) electrons. The maximum Gasteiger partial charge on any atom is 0.336 e. The van der Waals surface area contributed by atoms with Crippen LogP contribution in [0, 0.1) is 15.5 Å². The first-order chi connectivity index (χ1) is 18.5. The van der Waals surface area contributed by atoms with Gasteiger partial charge in [0, 0.05) is 42.0 Å². The molecule has 1 aliphatic heterocycles. The lowest BCUT2D eigenvalue weighted by molar-refractivity contribution is -0.384. The third-order valence-electron chi connectivity index (χ3n) is 6.63. The van der Waals surface area contributed by atoms with Crippen LogP contribution in [0.1, 0.15) is 51.2 Å². The Bertz CT molecular complexity index is 1280. The number of allylic oxidation sites excluding steroid dienone is 2. The van der Waals surface area contributed by atoms with Gasteiger partial charge in [0.05, 0.1) is 35.7 Å². The summed E-state index contributed by atoms with van der Waals surface area (Å²) >= 11 is 0. The number of methoxy groups -OCH3 is 1. The molecule has 9 nitrogen and oxygen atoms in total. The molecule has 0 saturated carbocycles. The van der Waals surface area contributed by atoms with Crippen LogP contribution in [-0.4, -0.2) is 49.1 Å². The van der Waals surface area contributed by atoms with Crippen LogP contribution in [0.25, 0.3) is 0 Å². The van der Waals surface area contributed by atoms with Gasteiger partial charge in [-0.3, -0.25) is 10.1 Å². The molecule has 0 aliphatic carbocycles. The molecule has 2 aromatic carbocycles. The summed E-state index contributed by atoms with van der Waals surface area (Å²) in [4.78, 5) is 39.8.